The Balaban J connectivity index is 2.83. The normalized spacial score (nSPS) is 15.1. The van der Waals surface area contributed by atoms with Gasteiger partial charge in [-0.15, -0.1) is 0 Å². The van der Waals surface area contributed by atoms with E-state index < -0.39 is 17.6 Å². The molecule has 0 aliphatic carbocycles. The van der Waals surface area contributed by atoms with E-state index in [0.717, 1.165) is 0 Å². The van der Waals surface area contributed by atoms with Crippen LogP contribution in [0.5, 0.6) is 5.88 Å². The number of pyridine rings is 1. The Morgan fingerprint density at radius 1 is 1.32 bits per heavy atom. The molecule has 0 saturated heterocycles. The molecule has 122 valence electrons. The molecule has 2 unspecified atom stereocenters. The minimum absolute atomic E-state index is 0.0570. The van der Waals surface area contributed by atoms with Crippen LogP contribution in [0.3, 0.4) is 0 Å². The second-order valence-electron chi connectivity index (χ2n) is 5.60. The van der Waals surface area contributed by atoms with Crippen LogP contribution in [0.1, 0.15) is 34.6 Å². The van der Waals surface area contributed by atoms with Gasteiger partial charge in [-0.1, -0.05) is 37.0 Å². The van der Waals surface area contributed by atoms with Crippen molar-refractivity contribution >= 4 is 34.9 Å². The maximum Gasteiger partial charge on any atom is 0.261 e. The van der Waals surface area contributed by atoms with Gasteiger partial charge in [0.25, 0.3) is 5.91 Å². The third-order valence-electron chi connectivity index (χ3n) is 3.70. The van der Waals surface area contributed by atoms with E-state index in [1.54, 1.807) is 13.8 Å². The van der Waals surface area contributed by atoms with Crippen molar-refractivity contribution < 1.29 is 14.3 Å². The second kappa shape index (κ2) is 7.29. The Morgan fingerprint density at radius 2 is 1.91 bits per heavy atom. The molecule has 0 fully saturated rings. The molecule has 0 bridgehead atoms. The molecule has 7 heteroatoms. The van der Waals surface area contributed by atoms with E-state index in [0.29, 0.717) is 5.02 Å². The van der Waals surface area contributed by atoms with Crippen LogP contribution in [0, 0.1) is 5.92 Å². The highest BCUT2D eigenvalue weighted by atomic mass is 35.5. The van der Waals surface area contributed by atoms with Gasteiger partial charge in [0.05, 0.1) is 10.6 Å². The molecule has 1 rings (SSSR count). The molecule has 1 aromatic heterocycles. The molecule has 5 nitrogen and oxygen atoms in total. The standard InChI is InChI=1S/C15H20Cl2N2O3/c1-8(2)15(5,10(4)20)19-13(21)9(3)22-14-12(17)6-11(16)7-18-14/h6-9H,1-5H3,(H,19,21). The lowest BCUT2D eigenvalue weighted by molar-refractivity contribution is -0.135. The second-order valence-corrected chi connectivity index (χ2v) is 6.45. The van der Waals surface area contributed by atoms with Crippen molar-refractivity contribution in [3.63, 3.8) is 0 Å². The number of amides is 1. The van der Waals surface area contributed by atoms with Crippen molar-refractivity contribution in [1.82, 2.24) is 10.3 Å². The van der Waals surface area contributed by atoms with Crippen molar-refractivity contribution in [3.8, 4) is 5.88 Å². The maximum atomic E-state index is 12.3. The minimum Gasteiger partial charge on any atom is -0.463 e. The SMILES string of the molecule is CC(=O)C(C)(NC(=O)C(C)Oc1ncc(Cl)cc1Cl)C(C)C. The topological polar surface area (TPSA) is 68.3 Å². The molecular formula is C15H20Cl2N2O3. The summed E-state index contributed by atoms with van der Waals surface area (Å²) in [4.78, 5) is 28.0. The van der Waals surface area contributed by atoms with E-state index in [9.17, 15) is 9.59 Å². The summed E-state index contributed by atoms with van der Waals surface area (Å²) in [7, 11) is 0. The highest BCUT2D eigenvalue weighted by Crippen LogP contribution is 2.25. The number of ether oxygens (including phenoxy) is 1. The van der Waals surface area contributed by atoms with Crippen LogP contribution in [0.2, 0.25) is 10.0 Å². The lowest BCUT2D eigenvalue weighted by Crippen LogP contribution is -2.57. The number of nitrogens with zero attached hydrogens (tertiary/aromatic N) is 1. The van der Waals surface area contributed by atoms with E-state index in [4.69, 9.17) is 27.9 Å². The minimum atomic E-state index is -0.952. The fourth-order valence-corrected chi connectivity index (χ4v) is 2.13. The van der Waals surface area contributed by atoms with Crippen molar-refractivity contribution in [3.05, 3.63) is 22.3 Å². The van der Waals surface area contributed by atoms with Crippen LogP contribution < -0.4 is 10.1 Å². The van der Waals surface area contributed by atoms with Crippen molar-refractivity contribution in [1.29, 1.82) is 0 Å². The summed E-state index contributed by atoms with van der Waals surface area (Å²) < 4.78 is 5.44. The zero-order valence-electron chi connectivity index (χ0n) is 13.2. The van der Waals surface area contributed by atoms with Gasteiger partial charge in [0.15, 0.2) is 11.9 Å². The molecule has 0 spiro atoms. The van der Waals surface area contributed by atoms with Gasteiger partial charge in [0, 0.05) is 6.20 Å². The summed E-state index contributed by atoms with van der Waals surface area (Å²) >= 11 is 11.7. The smallest absolute Gasteiger partial charge is 0.261 e. The number of nitrogens with one attached hydrogen (secondary N) is 1. The molecule has 1 aromatic rings. The quantitative estimate of drug-likeness (QED) is 0.858. The van der Waals surface area contributed by atoms with E-state index >= 15 is 0 Å². The van der Waals surface area contributed by atoms with Gasteiger partial charge >= 0.3 is 0 Å². The molecule has 1 heterocycles. The number of carbonyl (C=O) groups excluding carboxylic acids is 2. The Kier molecular flexibility index (Phi) is 6.20. The molecule has 0 aliphatic rings. The zero-order valence-corrected chi connectivity index (χ0v) is 14.7. The van der Waals surface area contributed by atoms with E-state index in [1.807, 2.05) is 13.8 Å². The predicted octanol–water partition coefficient (Wildman–Crippen LogP) is 3.28. The van der Waals surface area contributed by atoms with Gasteiger partial charge in [-0.25, -0.2) is 4.98 Å². The summed E-state index contributed by atoms with van der Waals surface area (Å²) in [6, 6.07) is 1.48. The van der Waals surface area contributed by atoms with E-state index in [-0.39, 0.29) is 22.6 Å². The van der Waals surface area contributed by atoms with Crippen LogP contribution in [0.25, 0.3) is 0 Å². The third-order valence-corrected chi connectivity index (χ3v) is 4.18. The van der Waals surface area contributed by atoms with Gasteiger partial charge in [-0.2, -0.15) is 0 Å². The molecular weight excluding hydrogens is 327 g/mol. The lowest BCUT2D eigenvalue weighted by atomic mass is 9.84. The van der Waals surface area contributed by atoms with Crippen LogP contribution in [0.15, 0.2) is 12.3 Å². The molecule has 1 N–H and O–H groups in total. The lowest BCUT2D eigenvalue weighted by Gasteiger charge is -2.33. The molecule has 0 saturated carbocycles. The zero-order chi connectivity index (χ0) is 17.1. The number of halogens is 2. The molecule has 22 heavy (non-hydrogen) atoms. The van der Waals surface area contributed by atoms with Crippen molar-refractivity contribution in [2.75, 3.05) is 0 Å². The largest absolute Gasteiger partial charge is 0.463 e. The number of ketones is 1. The Hall–Kier alpha value is -1.33. The van der Waals surface area contributed by atoms with Crippen LogP contribution in [-0.4, -0.2) is 28.3 Å². The van der Waals surface area contributed by atoms with Gasteiger partial charge in [0.1, 0.15) is 5.02 Å². The van der Waals surface area contributed by atoms with E-state index in [2.05, 4.69) is 10.3 Å². The first-order valence-electron chi connectivity index (χ1n) is 6.88. The van der Waals surface area contributed by atoms with Gasteiger partial charge < -0.3 is 10.1 Å². The predicted molar refractivity (Wildman–Crippen MR) is 86.4 cm³/mol. The monoisotopic (exact) mass is 346 g/mol. The molecule has 0 radical (unpaired) electrons. The number of Topliss-reactive ketones (excluding diaryl/α,β-unsaturated/α-hetero) is 1. The first kappa shape index (κ1) is 18.7. The number of hydrogen-bond acceptors (Lipinski definition) is 4. The summed E-state index contributed by atoms with van der Waals surface area (Å²) in [6.45, 7) is 8.43. The van der Waals surface area contributed by atoms with Gasteiger partial charge in [-0.05, 0) is 32.8 Å². The summed E-state index contributed by atoms with van der Waals surface area (Å²) in [5.41, 5.74) is -0.952. The Morgan fingerprint density at radius 3 is 2.36 bits per heavy atom. The highest BCUT2D eigenvalue weighted by Gasteiger charge is 2.36. The molecule has 2 atom stereocenters. The van der Waals surface area contributed by atoms with Crippen molar-refractivity contribution in [2.24, 2.45) is 5.92 Å². The highest BCUT2D eigenvalue weighted by molar-refractivity contribution is 6.35. The van der Waals surface area contributed by atoms with Crippen LogP contribution in [0.4, 0.5) is 0 Å². The Labute approximate surface area is 140 Å². The first-order chi connectivity index (χ1) is 10.1. The average Bonchev–Trinajstić information content (AvgIpc) is 2.41. The summed E-state index contributed by atoms with van der Waals surface area (Å²) in [5, 5.41) is 3.32. The number of aromatic nitrogens is 1. The molecule has 1 amide bonds. The Bertz CT molecular complexity index is 578. The molecule has 0 aromatic carbocycles. The average molecular weight is 347 g/mol. The van der Waals surface area contributed by atoms with Crippen molar-refractivity contribution in [2.45, 2.75) is 46.3 Å². The number of hydrogen-bond donors (Lipinski definition) is 1. The molecule has 0 aliphatic heterocycles. The fourth-order valence-electron chi connectivity index (χ4n) is 1.71. The maximum absolute atomic E-state index is 12.3. The number of rotatable bonds is 6. The summed E-state index contributed by atoms with van der Waals surface area (Å²) in [5.74, 6) is -0.480. The van der Waals surface area contributed by atoms with Crippen LogP contribution >= 0.6 is 23.2 Å². The fraction of sp³-hybridized carbons (Fsp3) is 0.533. The third kappa shape index (κ3) is 4.34. The van der Waals surface area contributed by atoms with Gasteiger partial charge in [-0.3, -0.25) is 9.59 Å². The van der Waals surface area contributed by atoms with Gasteiger partial charge in [0.2, 0.25) is 5.88 Å². The first-order valence-corrected chi connectivity index (χ1v) is 7.64. The van der Waals surface area contributed by atoms with Crippen LogP contribution in [-0.2, 0) is 9.59 Å². The number of carbonyl (C=O) groups is 2. The van der Waals surface area contributed by atoms with E-state index in [1.165, 1.54) is 19.2 Å². The summed E-state index contributed by atoms with van der Waals surface area (Å²) in [6.07, 6.45) is 0.518.